The Morgan fingerprint density at radius 2 is 1.86 bits per heavy atom. The van der Waals surface area contributed by atoms with Gasteiger partial charge in [0.1, 0.15) is 23.7 Å². The molecule has 0 fully saturated rings. The number of fused-ring (bicyclic) bond motifs is 1. The minimum absolute atomic E-state index is 0.0688. The van der Waals surface area contributed by atoms with Gasteiger partial charge in [-0.25, -0.2) is 8.42 Å². The molecule has 0 radical (unpaired) electrons. The van der Waals surface area contributed by atoms with Crippen molar-refractivity contribution in [3.8, 4) is 11.5 Å². The summed E-state index contributed by atoms with van der Waals surface area (Å²) in [6, 6.07) is 14.4. The molecular formula is C26H34N2O7S. The molecule has 10 heteroatoms. The predicted molar refractivity (Wildman–Crippen MR) is 135 cm³/mol. The van der Waals surface area contributed by atoms with Crippen molar-refractivity contribution in [2.45, 2.75) is 51.4 Å². The fourth-order valence-electron chi connectivity index (χ4n) is 4.19. The molecule has 2 aromatic rings. The number of likely N-dealkylation sites (N-methyl/N-ethyl adjacent to an activating group) is 1. The maximum atomic E-state index is 12.9. The first kappa shape index (κ1) is 27.5. The summed E-state index contributed by atoms with van der Waals surface area (Å²) in [4.78, 5) is 25.1. The lowest BCUT2D eigenvalue weighted by atomic mass is 9.89. The third-order valence-electron chi connectivity index (χ3n) is 6.03. The number of amides is 1. The van der Waals surface area contributed by atoms with Crippen LogP contribution in [0.4, 0.5) is 0 Å². The molecule has 2 aromatic carbocycles. The lowest BCUT2D eigenvalue weighted by Gasteiger charge is -2.41. The third-order valence-corrected chi connectivity index (χ3v) is 7.27. The summed E-state index contributed by atoms with van der Waals surface area (Å²) in [5.41, 5.74) is 0.966. The van der Waals surface area contributed by atoms with Crippen molar-refractivity contribution >= 4 is 21.9 Å². The number of carboxylic acid groups (broad SMARTS) is 1. The molecule has 36 heavy (non-hydrogen) atoms. The van der Waals surface area contributed by atoms with Gasteiger partial charge in [-0.3, -0.25) is 9.59 Å². The van der Waals surface area contributed by atoms with E-state index in [1.807, 2.05) is 44.2 Å². The number of carbonyl (C=O) groups excluding carboxylic acids is 1. The maximum absolute atomic E-state index is 12.9. The van der Waals surface area contributed by atoms with Crippen LogP contribution < -0.4 is 9.47 Å². The van der Waals surface area contributed by atoms with Gasteiger partial charge in [-0.1, -0.05) is 30.3 Å². The van der Waals surface area contributed by atoms with Gasteiger partial charge in [0, 0.05) is 32.0 Å². The highest BCUT2D eigenvalue weighted by atomic mass is 32.2. The minimum Gasteiger partial charge on any atom is -0.489 e. The molecule has 9 nitrogen and oxygen atoms in total. The summed E-state index contributed by atoms with van der Waals surface area (Å²) in [6.07, 6.45) is 1.64. The summed E-state index contributed by atoms with van der Waals surface area (Å²) in [5.74, 6) is -0.246. The zero-order valence-electron chi connectivity index (χ0n) is 21.1. The van der Waals surface area contributed by atoms with Gasteiger partial charge in [0.25, 0.3) is 0 Å². The second-order valence-electron chi connectivity index (χ2n) is 9.68. The smallest absolute Gasteiger partial charge is 0.303 e. The maximum Gasteiger partial charge on any atom is 0.303 e. The van der Waals surface area contributed by atoms with Crippen LogP contribution in [0.2, 0.25) is 0 Å². The van der Waals surface area contributed by atoms with Crippen molar-refractivity contribution in [2.75, 3.05) is 26.4 Å². The van der Waals surface area contributed by atoms with E-state index in [2.05, 4.69) is 0 Å². The van der Waals surface area contributed by atoms with Crippen LogP contribution in [0, 0.1) is 0 Å². The Morgan fingerprint density at radius 1 is 1.17 bits per heavy atom. The van der Waals surface area contributed by atoms with Gasteiger partial charge >= 0.3 is 5.97 Å². The second kappa shape index (κ2) is 11.3. The summed E-state index contributed by atoms with van der Waals surface area (Å²) in [7, 11) is -2.25. The van der Waals surface area contributed by atoms with E-state index in [9.17, 15) is 18.0 Å². The van der Waals surface area contributed by atoms with E-state index in [4.69, 9.17) is 14.6 Å². The summed E-state index contributed by atoms with van der Waals surface area (Å²) < 4.78 is 39.1. The van der Waals surface area contributed by atoms with E-state index in [-0.39, 0.29) is 25.9 Å². The molecule has 196 valence electrons. The van der Waals surface area contributed by atoms with E-state index in [1.54, 1.807) is 25.2 Å². The lowest BCUT2D eigenvalue weighted by Crippen LogP contribution is -2.47. The number of rotatable bonds is 11. The van der Waals surface area contributed by atoms with Crippen LogP contribution in [0.1, 0.15) is 50.3 Å². The SMILES string of the molecule is CN(CCCC(=O)O)C(=O)CN(C1CC(C)(C)Oc2ccc(OCc3ccccc3)cc21)S(C)(=O)=O. The molecule has 0 aliphatic carbocycles. The van der Waals surface area contributed by atoms with E-state index in [1.165, 1.54) is 9.21 Å². The average molecular weight is 519 g/mol. The predicted octanol–water partition coefficient (Wildman–Crippen LogP) is 3.45. The van der Waals surface area contributed by atoms with Crippen LogP contribution >= 0.6 is 0 Å². The largest absolute Gasteiger partial charge is 0.489 e. The Kier molecular flexibility index (Phi) is 8.63. The van der Waals surface area contributed by atoms with Gasteiger partial charge < -0.3 is 19.5 Å². The Balaban J connectivity index is 1.86. The van der Waals surface area contributed by atoms with Crippen molar-refractivity contribution in [3.63, 3.8) is 0 Å². The zero-order chi connectivity index (χ0) is 26.5. The third kappa shape index (κ3) is 7.44. The highest BCUT2D eigenvalue weighted by Crippen LogP contribution is 2.44. The summed E-state index contributed by atoms with van der Waals surface area (Å²) >= 11 is 0. The standard InChI is InChI=1S/C26H34N2O7S/c1-26(2)16-22(28(36(4,32)33)17-24(29)27(3)14-8-11-25(30)31)21-15-20(12-13-23(21)35-26)34-18-19-9-6-5-7-10-19/h5-7,9-10,12-13,15,22H,8,11,14,16-18H2,1-4H3,(H,30,31). The number of carbonyl (C=O) groups is 2. The van der Waals surface area contributed by atoms with Crippen molar-refractivity contribution < 1.29 is 32.6 Å². The van der Waals surface area contributed by atoms with Gasteiger partial charge in [0.15, 0.2) is 0 Å². The topological polar surface area (TPSA) is 113 Å². The van der Waals surface area contributed by atoms with Crippen molar-refractivity contribution in [3.05, 3.63) is 59.7 Å². The van der Waals surface area contributed by atoms with Crippen molar-refractivity contribution in [1.82, 2.24) is 9.21 Å². The molecule has 1 aliphatic heterocycles. The quantitative estimate of drug-likeness (QED) is 0.485. The van der Waals surface area contributed by atoms with E-state index >= 15 is 0 Å². The first-order valence-corrected chi connectivity index (χ1v) is 13.6. The normalized spacial score (nSPS) is 16.6. The molecule has 0 bridgehead atoms. The first-order valence-electron chi connectivity index (χ1n) is 11.8. The van der Waals surface area contributed by atoms with Crippen LogP contribution in [0.5, 0.6) is 11.5 Å². The fraction of sp³-hybridized carbons (Fsp3) is 0.462. The molecule has 1 N–H and O–H groups in total. The molecule has 0 saturated heterocycles. The van der Waals surface area contributed by atoms with E-state index in [0.29, 0.717) is 30.1 Å². The fourth-order valence-corrected chi connectivity index (χ4v) is 5.18. The molecule has 1 atom stereocenters. The van der Waals surface area contributed by atoms with E-state index in [0.717, 1.165) is 11.8 Å². The zero-order valence-corrected chi connectivity index (χ0v) is 22.0. The number of nitrogens with zero attached hydrogens (tertiary/aromatic N) is 2. The van der Waals surface area contributed by atoms with Crippen molar-refractivity contribution in [2.24, 2.45) is 0 Å². The summed E-state index contributed by atoms with van der Waals surface area (Å²) in [6.45, 7) is 3.96. The Labute approximate surface area is 212 Å². The van der Waals surface area contributed by atoms with Gasteiger partial charge in [0.05, 0.1) is 18.8 Å². The van der Waals surface area contributed by atoms with Gasteiger partial charge in [-0.05, 0) is 44.0 Å². The molecular weight excluding hydrogens is 484 g/mol. The highest BCUT2D eigenvalue weighted by molar-refractivity contribution is 7.88. The van der Waals surface area contributed by atoms with Crippen LogP contribution in [0.15, 0.2) is 48.5 Å². The lowest BCUT2D eigenvalue weighted by molar-refractivity contribution is -0.138. The second-order valence-corrected chi connectivity index (χ2v) is 11.6. The number of hydrogen-bond donors (Lipinski definition) is 1. The molecule has 3 rings (SSSR count). The average Bonchev–Trinajstić information content (AvgIpc) is 2.79. The number of carboxylic acids is 1. The molecule has 1 amide bonds. The van der Waals surface area contributed by atoms with Crippen LogP contribution in [-0.2, 0) is 26.2 Å². The highest BCUT2D eigenvalue weighted by Gasteiger charge is 2.41. The summed E-state index contributed by atoms with van der Waals surface area (Å²) in [5, 5.41) is 8.84. The van der Waals surface area contributed by atoms with Gasteiger partial charge in [-0.15, -0.1) is 0 Å². The van der Waals surface area contributed by atoms with Gasteiger partial charge in [0.2, 0.25) is 15.9 Å². The monoisotopic (exact) mass is 518 g/mol. The molecule has 0 aromatic heterocycles. The Bertz CT molecular complexity index is 1180. The minimum atomic E-state index is -3.79. The molecule has 1 heterocycles. The number of ether oxygens (including phenoxy) is 2. The van der Waals surface area contributed by atoms with Gasteiger partial charge in [-0.2, -0.15) is 4.31 Å². The number of benzene rings is 2. The molecule has 0 saturated carbocycles. The number of aliphatic carboxylic acids is 1. The Hall–Kier alpha value is -3.11. The van der Waals surface area contributed by atoms with E-state index < -0.39 is 33.5 Å². The van der Waals surface area contributed by atoms with Crippen molar-refractivity contribution in [1.29, 1.82) is 0 Å². The Morgan fingerprint density at radius 3 is 2.50 bits per heavy atom. The van der Waals surface area contributed by atoms with Crippen LogP contribution in [0.25, 0.3) is 0 Å². The molecule has 0 spiro atoms. The van der Waals surface area contributed by atoms with Crippen LogP contribution in [0.3, 0.4) is 0 Å². The van der Waals surface area contributed by atoms with Crippen LogP contribution in [-0.4, -0.2) is 66.6 Å². The number of hydrogen-bond acceptors (Lipinski definition) is 6. The first-order chi connectivity index (χ1) is 16.9. The molecule has 1 aliphatic rings. The number of sulfonamides is 1. The molecule has 1 unspecified atom stereocenters.